The maximum Gasteiger partial charge on any atom is 0.248 e. The van der Waals surface area contributed by atoms with Crippen LogP contribution >= 0.6 is 0 Å². The van der Waals surface area contributed by atoms with Gasteiger partial charge in [0.1, 0.15) is 12.5 Å². The molecule has 0 aliphatic carbocycles. The van der Waals surface area contributed by atoms with Gasteiger partial charge < -0.3 is 10.5 Å². The Morgan fingerprint density at radius 3 is 2.44 bits per heavy atom. The van der Waals surface area contributed by atoms with Crippen molar-refractivity contribution in [2.24, 2.45) is 5.73 Å². The van der Waals surface area contributed by atoms with E-state index in [2.05, 4.69) is 4.90 Å². The Hall–Kier alpha value is -1.55. The Kier molecular flexibility index (Phi) is 3.41. The molecule has 4 heteroatoms. The van der Waals surface area contributed by atoms with E-state index in [4.69, 9.17) is 10.5 Å². The fraction of sp³-hybridized carbons (Fsp3) is 0.417. The average Bonchev–Trinajstić information content (AvgIpc) is 2.80. The van der Waals surface area contributed by atoms with Gasteiger partial charge in [-0.25, -0.2) is 0 Å². The van der Waals surface area contributed by atoms with Crippen molar-refractivity contribution in [3.8, 4) is 5.75 Å². The number of likely N-dealkylation sites (tertiary alicyclic amines) is 1. The van der Waals surface area contributed by atoms with E-state index >= 15 is 0 Å². The van der Waals surface area contributed by atoms with Gasteiger partial charge in [-0.05, 0) is 37.1 Å². The van der Waals surface area contributed by atoms with E-state index in [9.17, 15) is 4.79 Å². The molecule has 0 bridgehead atoms. The largest absolute Gasteiger partial charge is 0.478 e. The molecule has 0 aromatic heterocycles. The van der Waals surface area contributed by atoms with Gasteiger partial charge in [0, 0.05) is 18.7 Å². The van der Waals surface area contributed by atoms with Crippen molar-refractivity contribution in [1.29, 1.82) is 0 Å². The molecule has 4 nitrogen and oxygen atoms in total. The molecular formula is C12H16N2O2. The lowest BCUT2D eigenvalue weighted by Gasteiger charge is -2.15. The molecule has 2 N–H and O–H groups in total. The molecular weight excluding hydrogens is 204 g/mol. The number of carbonyl (C=O) groups excluding carboxylic acids is 1. The molecule has 0 atom stereocenters. The number of carbonyl (C=O) groups is 1. The second-order valence-electron chi connectivity index (χ2n) is 3.99. The van der Waals surface area contributed by atoms with Crippen LogP contribution in [-0.2, 0) is 0 Å². The Bertz CT molecular complexity index is 356. The molecule has 16 heavy (non-hydrogen) atoms. The highest BCUT2D eigenvalue weighted by Gasteiger charge is 2.11. The van der Waals surface area contributed by atoms with Crippen molar-refractivity contribution in [1.82, 2.24) is 4.90 Å². The van der Waals surface area contributed by atoms with Crippen LogP contribution in [0.3, 0.4) is 0 Å². The van der Waals surface area contributed by atoms with Gasteiger partial charge in [0.25, 0.3) is 0 Å². The molecule has 1 aromatic rings. The highest BCUT2D eigenvalue weighted by molar-refractivity contribution is 5.92. The molecule has 1 fully saturated rings. The minimum absolute atomic E-state index is 0.411. The van der Waals surface area contributed by atoms with Crippen molar-refractivity contribution in [2.45, 2.75) is 12.8 Å². The van der Waals surface area contributed by atoms with E-state index < -0.39 is 5.91 Å². The molecule has 2 rings (SSSR count). The summed E-state index contributed by atoms with van der Waals surface area (Å²) in [6, 6.07) is 6.91. The number of hydrogen-bond acceptors (Lipinski definition) is 3. The topological polar surface area (TPSA) is 55.6 Å². The van der Waals surface area contributed by atoms with Gasteiger partial charge in [-0.15, -0.1) is 0 Å². The van der Waals surface area contributed by atoms with Crippen LogP contribution in [-0.4, -0.2) is 30.6 Å². The first-order valence-corrected chi connectivity index (χ1v) is 5.51. The zero-order valence-electron chi connectivity index (χ0n) is 9.19. The Balaban J connectivity index is 1.87. The molecule has 1 heterocycles. The molecule has 0 unspecified atom stereocenters. The van der Waals surface area contributed by atoms with Gasteiger partial charge in [-0.1, -0.05) is 0 Å². The number of primary amides is 1. The van der Waals surface area contributed by atoms with Crippen molar-refractivity contribution in [3.63, 3.8) is 0 Å². The van der Waals surface area contributed by atoms with Gasteiger partial charge in [0.15, 0.2) is 0 Å². The SMILES string of the molecule is NC(=O)c1ccc(OCN2CCCC2)cc1. The fourth-order valence-electron chi connectivity index (χ4n) is 1.79. The first-order chi connectivity index (χ1) is 7.75. The Morgan fingerprint density at radius 1 is 1.25 bits per heavy atom. The van der Waals surface area contributed by atoms with E-state index in [1.807, 2.05) is 0 Å². The van der Waals surface area contributed by atoms with E-state index in [0.29, 0.717) is 12.3 Å². The third-order valence-electron chi connectivity index (χ3n) is 2.75. The van der Waals surface area contributed by atoms with Crippen LogP contribution in [0.5, 0.6) is 5.75 Å². The summed E-state index contributed by atoms with van der Waals surface area (Å²) in [4.78, 5) is 13.1. The normalized spacial score (nSPS) is 16.2. The highest BCUT2D eigenvalue weighted by atomic mass is 16.5. The predicted molar refractivity (Wildman–Crippen MR) is 61.3 cm³/mol. The van der Waals surface area contributed by atoms with Crippen LogP contribution in [0.25, 0.3) is 0 Å². The zero-order chi connectivity index (χ0) is 11.4. The van der Waals surface area contributed by atoms with E-state index in [1.54, 1.807) is 24.3 Å². The lowest BCUT2D eigenvalue weighted by molar-refractivity contribution is 0.1000. The van der Waals surface area contributed by atoms with Crippen LogP contribution in [0.2, 0.25) is 0 Å². The summed E-state index contributed by atoms with van der Waals surface area (Å²) in [5.41, 5.74) is 5.66. The maximum atomic E-state index is 10.9. The van der Waals surface area contributed by atoms with Gasteiger partial charge in [0.2, 0.25) is 5.91 Å². The summed E-state index contributed by atoms with van der Waals surface area (Å²) in [6.45, 7) is 2.84. The Morgan fingerprint density at radius 2 is 1.88 bits per heavy atom. The second kappa shape index (κ2) is 4.99. The van der Waals surface area contributed by atoms with Crippen LogP contribution in [0.15, 0.2) is 24.3 Å². The quantitative estimate of drug-likeness (QED) is 0.830. The fourth-order valence-corrected chi connectivity index (χ4v) is 1.79. The smallest absolute Gasteiger partial charge is 0.248 e. The van der Waals surface area contributed by atoms with E-state index in [0.717, 1.165) is 18.8 Å². The van der Waals surface area contributed by atoms with E-state index in [1.165, 1.54) is 12.8 Å². The first kappa shape index (κ1) is 11.0. The van der Waals surface area contributed by atoms with Crippen molar-refractivity contribution in [3.05, 3.63) is 29.8 Å². The van der Waals surface area contributed by atoms with Crippen molar-refractivity contribution >= 4 is 5.91 Å². The summed E-state index contributed by atoms with van der Waals surface area (Å²) in [6.07, 6.45) is 2.51. The van der Waals surface area contributed by atoms with Gasteiger partial charge >= 0.3 is 0 Å². The number of ether oxygens (including phenoxy) is 1. The maximum absolute atomic E-state index is 10.9. The Labute approximate surface area is 95.0 Å². The molecule has 1 aliphatic heterocycles. The molecule has 0 spiro atoms. The summed E-state index contributed by atoms with van der Waals surface area (Å²) >= 11 is 0. The number of benzene rings is 1. The molecule has 1 saturated heterocycles. The summed E-state index contributed by atoms with van der Waals surface area (Å²) < 4.78 is 5.60. The molecule has 1 aliphatic rings. The van der Waals surface area contributed by atoms with Crippen LogP contribution in [0, 0.1) is 0 Å². The van der Waals surface area contributed by atoms with Crippen LogP contribution in [0.4, 0.5) is 0 Å². The average molecular weight is 220 g/mol. The number of nitrogens with two attached hydrogens (primary N) is 1. The van der Waals surface area contributed by atoms with Gasteiger partial charge in [-0.2, -0.15) is 0 Å². The van der Waals surface area contributed by atoms with E-state index in [-0.39, 0.29) is 0 Å². The molecule has 86 valence electrons. The number of nitrogens with zero attached hydrogens (tertiary/aromatic N) is 1. The third-order valence-corrected chi connectivity index (χ3v) is 2.75. The highest BCUT2D eigenvalue weighted by Crippen LogP contribution is 2.13. The molecule has 1 amide bonds. The summed E-state index contributed by atoms with van der Waals surface area (Å²) in [7, 11) is 0. The molecule has 1 aromatic carbocycles. The predicted octanol–water partition coefficient (Wildman–Crippen LogP) is 1.22. The number of hydrogen-bond donors (Lipinski definition) is 1. The van der Waals surface area contributed by atoms with Crippen molar-refractivity contribution in [2.75, 3.05) is 19.8 Å². The molecule has 0 radical (unpaired) electrons. The lowest BCUT2D eigenvalue weighted by Crippen LogP contribution is -2.24. The lowest BCUT2D eigenvalue weighted by atomic mass is 10.2. The minimum atomic E-state index is -0.411. The minimum Gasteiger partial charge on any atom is -0.478 e. The summed E-state index contributed by atoms with van der Waals surface area (Å²) in [5, 5.41) is 0. The van der Waals surface area contributed by atoms with Crippen LogP contribution < -0.4 is 10.5 Å². The number of amides is 1. The van der Waals surface area contributed by atoms with Gasteiger partial charge in [-0.3, -0.25) is 9.69 Å². The zero-order valence-corrected chi connectivity index (χ0v) is 9.19. The first-order valence-electron chi connectivity index (χ1n) is 5.51. The van der Waals surface area contributed by atoms with Crippen LogP contribution in [0.1, 0.15) is 23.2 Å². The molecule has 0 saturated carbocycles. The number of rotatable bonds is 4. The monoisotopic (exact) mass is 220 g/mol. The summed E-state index contributed by atoms with van der Waals surface area (Å²) in [5.74, 6) is 0.364. The van der Waals surface area contributed by atoms with Gasteiger partial charge in [0.05, 0.1) is 0 Å². The third kappa shape index (κ3) is 2.73. The second-order valence-corrected chi connectivity index (χ2v) is 3.99. The van der Waals surface area contributed by atoms with Crippen molar-refractivity contribution < 1.29 is 9.53 Å². The standard InChI is InChI=1S/C12H16N2O2/c13-12(15)10-3-5-11(6-4-10)16-9-14-7-1-2-8-14/h3-6H,1-2,7-9H2,(H2,13,15).